The molecule has 0 aromatic carbocycles. The number of hydrogen-bond donors (Lipinski definition) is 1. The van der Waals surface area contributed by atoms with E-state index in [1.807, 2.05) is 4.90 Å². The average molecular weight is 309 g/mol. The van der Waals surface area contributed by atoms with E-state index < -0.39 is 0 Å². The normalized spacial score (nSPS) is 20.3. The predicted molar refractivity (Wildman–Crippen MR) is 87.4 cm³/mol. The van der Waals surface area contributed by atoms with Crippen molar-refractivity contribution in [2.75, 3.05) is 40.3 Å². The first kappa shape index (κ1) is 17.3. The van der Waals surface area contributed by atoms with E-state index in [-0.39, 0.29) is 23.2 Å². The molecule has 0 aromatic rings. The first-order valence-corrected chi connectivity index (χ1v) is 8.50. The summed E-state index contributed by atoms with van der Waals surface area (Å²) in [4.78, 5) is 28.4. The molecule has 1 saturated heterocycles. The second-order valence-electron chi connectivity index (χ2n) is 7.99. The minimum atomic E-state index is 0.0680. The van der Waals surface area contributed by atoms with Gasteiger partial charge in [-0.3, -0.25) is 9.59 Å². The molecule has 0 aromatic heterocycles. The van der Waals surface area contributed by atoms with Crippen LogP contribution in [0.1, 0.15) is 39.5 Å². The quantitative estimate of drug-likeness (QED) is 0.805. The van der Waals surface area contributed by atoms with Crippen LogP contribution in [-0.4, -0.2) is 61.9 Å². The molecule has 1 saturated carbocycles. The van der Waals surface area contributed by atoms with Crippen molar-refractivity contribution < 1.29 is 9.59 Å². The Balaban J connectivity index is 1.71. The highest BCUT2D eigenvalue weighted by Crippen LogP contribution is 2.32. The zero-order valence-electron chi connectivity index (χ0n) is 14.5. The van der Waals surface area contributed by atoms with Crippen LogP contribution in [0.3, 0.4) is 0 Å². The van der Waals surface area contributed by atoms with Gasteiger partial charge in [0.15, 0.2) is 0 Å². The SMILES string of the molecule is CN(C)CC(C)(C)CNC(=O)C1CCN(C(=O)C2CC2)CC1. The molecule has 2 aliphatic rings. The second-order valence-corrected chi connectivity index (χ2v) is 7.99. The average Bonchev–Trinajstić information content (AvgIpc) is 3.27. The maximum absolute atomic E-state index is 12.3. The Morgan fingerprint density at radius 1 is 1.09 bits per heavy atom. The van der Waals surface area contributed by atoms with Crippen molar-refractivity contribution >= 4 is 11.8 Å². The number of nitrogens with one attached hydrogen (secondary N) is 1. The number of hydrogen-bond acceptors (Lipinski definition) is 3. The minimum Gasteiger partial charge on any atom is -0.355 e. The van der Waals surface area contributed by atoms with Gasteiger partial charge in [0.1, 0.15) is 0 Å². The van der Waals surface area contributed by atoms with Gasteiger partial charge in [-0.2, -0.15) is 0 Å². The van der Waals surface area contributed by atoms with Crippen LogP contribution >= 0.6 is 0 Å². The summed E-state index contributed by atoms with van der Waals surface area (Å²) in [7, 11) is 4.10. The topological polar surface area (TPSA) is 52.7 Å². The third kappa shape index (κ3) is 4.97. The van der Waals surface area contributed by atoms with Crippen LogP contribution in [-0.2, 0) is 9.59 Å². The van der Waals surface area contributed by atoms with E-state index in [2.05, 4.69) is 38.2 Å². The molecule has 1 aliphatic heterocycles. The molecule has 0 atom stereocenters. The van der Waals surface area contributed by atoms with Crippen molar-refractivity contribution in [2.24, 2.45) is 17.3 Å². The zero-order chi connectivity index (χ0) is 16.3. The van der Waals surface area contributed by atoms with Crippen LogP contribution in [0, 0.1) is 17.3 Å². The van der Waals surface area contributed by atoms with Crippen LogP contribution in [0.4, 0.5) is 0 Å². The summed E-state index contributed by atoms with van der Waals surface area (Å²) in [5.41, 5.74) is 0.0712. The Labute approximate surface area is 134 Å². The number of rotatable bonds is 6. The fraction of sp³-hybridized carbons (Fsp3) is 0.882. The molecule has 2 fully saturated rings. The first-order valence-electron chi connectivity index (χ1n) is 8.50. The lowest BCUT2D eigenvalue weighted by Gasteiger charge is -2.33. The molecule has 5 heteroatoms. The maximum Gasteiger partial charge on any atom is 0.225 e. The van der Waals surface area contributed by atoms with E-state index in [0.29, 0.717) is 12.5 Å². The summed E-state index contributed by atoms with van der Waals surface area (Å²) < 4.78 is 0. The molecule has 1 heterocycles. The summed E-state index contributed by atoms with van der Waals surface area (Å²) in [6, 6.07) is 0. The fourth-order valence-corrected chi connectivity index (χ4v) is 3.33. The van der Waals surface area contributed by atoms with Crippen LogP contribution in [0.25, 0.3) is 0 Å². The summed E-state index contributed by atoms with van der Waals surface area (Å²) in [5, 5.41) is 3.11. The van der Waals surface area contributed by atoms with Crippen LogP contribution < -0.4 is 5.32 Å². The van der Waals surface area contributed by atoms with Crippen LogP contribution in [0.5, 0.6) is 0 Å². The number of piperidine rings is 1. The third-order valence-electron chi connectivity index (χ3n) is 4.59. The Hall–Kier alpha value is -1.10. The highest BCUT2D eigenvalue weighted by molar-refractivity contribution is 5.82. The summed E-state index contributed by atoms with van der Waals surface area (Å²) in [6.07, 6.45) is 3.72. The lowest BCUT2D eigenvalue weighted by molar-refractivity contribution is -0.136. The lowest BCUT2D eigenvalue weighted by Crippen LogP contribution is -2.46. The van der Waals surface area contributed by atoms with E-state index >= 15 is 0 Å². The van der Waals surface area contributed by atoms with Crippen molar-refractivity contribution in [1.29, 1.82) is 0 Å². The number of likely N-dealkylation sites (tertiary alicyclic amines) is 1. The molecule has 22 heavy (non-hydrogen) atoms. The Morgan fingerprint density at radius 2 is 1.68 bits per heavy atom. The highest BCUT2D eigenvalue weighted by Gasteiger charge is 2.36. The third-order valence-corrected chi connectivity index (χ3v) is 4.59. The zero-order valence-corrected chi connectivity index (χ0v) is 14.5. The van der Waals surface area contributed by atoms with Crippen molar-refractivity contribution in [2.45, 2.75) is 39.5 Å². The van der Waals surface area contributed by atoms with Crippen molar-refractivity contribution in [3.8, 4) is 0 Å². The van der Waals surface area contributed by atoms with Gasteiger partial charge in [-0.25, -0.2) is 0 Å². The summed E-state index contributed by atoms with van der Waals surface area (Å²) in [6.45, 7) is 7.48. The molecule has 2 rings (SSSR count). The van der Waals surface area contributed by atoms with E-state index in [4.69, 9.17) is 0 Å². The van der Waals surface area contributed by atoms with E-state index in [0.717, 1.165) is 45.3 Å². The number of carbonyl (C=O) groups excluding carboxylic acids is 2. The van der Waals surface area contributed by atoms with Crippen molar-refractivity contribution in [3.63, 3.8) is 0 Å². The van der Waals surface area contributed by atoms with Gasteiger partial charge in [0.25, 0.3) is 0 Å². The van der Waals surface area contributed by atoms with Gasteiger partial charge in [-0.1, -0.05) is 13.8 Å². The Morgan fingerprint density at radius 3 is 2.18 bits per heavy atom. The molecule has 126 valence electrons. The van der Waals surface area contributed by atoms with Crippen molar-refractivity contribution in [3.05, 3.63) is 0 Å². The molecule has 0 radical (unpaired) electrons. The van der Waals surface area contributed by atoms with Crippen LogP contribution in [0.2, 0.25) is 0 Å². The Kier molecular flexibility index (Phi) is 5.48. The smallest absolute Gasteiger partial charge is 0.225 e. The van der Waals surface area contributed by atoms with E-state index in [9.17, 15) is 9.59 Å². The van der Waals surface area contributed by atoms with Gasteiger partial charge >= 0.3 is 0 Å². The largest absolute Gasteiger partial charge is 0.355 e. The monoisotopic (exact) mass is 309 g/mol. The first-order chi connectivity index (χ1) is 10.3. The van der Waals surface area contributed by atoms with Gasteiger partial charge in [0.05, 0.1) is 0 Å². The molecule has 5 nitrogen and oxygen atoms in total. The molecule has 0 spiro atoms. The Bertz CT molecular complexity index is 408. The highest BCUT2D eigenvalue weighted by atomic mass is 16.2. The standard InChI is InChI=1S/C17H31N3O2/c1-17(2,12-19(3)4)11-18-15(21)13-7-9-20(10-8-13)16(22)14-5-6-14/h13-14H,5-12H2,1-4H3,(H,18,21). The van der Waals surface area contributed by atoms with Gasteiger partial charge in [0, 0.05) is 38.0 Å². The summed E-state index contributed by atoms with van der Waals surface area (Å²) in [5.74, 6) is 0.826. The molecule has 1 aliphatic carbocycles. The second kappa shape index (κ2) is 6.99. The fourth-order valence-electron chi connectivity index (χ4n) is 3.33. The number of carbonyl (C=O) groups is 2. The number of amides is 2. The molecule has 2 amide bonds. The van der Waals surface area contributed by atoms with Gasteiger partial charge < -0.3 is 15.1 Å². The molecule has 0 unspecified atom stereocenters. The van der Waals surface area contributed by atoms with Crippen molar-refractivity contribution in [1.82, 2.24) is 15.1 Å². The lowest BCUT2D eigenvalue weighted by atomic mass is 9.91. The number of nitrogens with zero attached hydrogens (tertiary/aromatic N) is 2. The molecular weight excluding hydrogens is 278 g/mol. The van der Waals surface area contributed by atoms with Crippen LogP contribution in [0.15, 0.2) is 0 Å². The maximum atomic E-state index is 12.3. The van der Waals surface area contributed by atoms with Gasteiger partial charge in [-0.05, 0) is 45.2 Å². The van der Waals surface area contributed by atoms with Gasteiger partial charge in [-0.15, -0.1) is 0 Å². The minimum absolute atomic E-state index is 0.0680. The molecule has 1 N–H and O–H groups in total. The predicted octanol–water partition coefficient (Wildman–Crippen LogP) is 1.34. The van der Waals surface area contributed by atoms with E-state index in [1.54, 1.807) is 0 Å². The molecular formula is C17H31N3O2. The summed E-state index contributed by atoms with van der Waals surface area (Å²) >= 11 is 0. The van der Waals surface area contributed by atoms with E-state index in [1.165, 1.54) is 0 Å². The van der Waals surface area contributed by atoms with Gasteiger partial charge in [0.2, 0.25) is 11.8 Å². The molecule has 0 bridgehead atoms.